The van der Waals surface area contributed by atoms with Crippen molar-refractivity contribution in [3.8, 4) is 11.5 Å². The SMILES string of the molecule is CC(NN(C)Cl)C(=N)c1ccc(Oc2ccccc2)cc1. The van der Waals surface area contributed by atoms with Gasteiger partial charge in [-0.25, -0.2) is 5.43 Å². The van der Waals surface area contributed by atoms with E-state index in [1.165, 1.54) is 4.53 Å². The number of halogens is 1. The van der Waals surface area contributed by atoms with Crippen molar-refractivity contribution in [3.05, 3.63) is 60.2 Å². The monoisotopic (exact) mass is 303 g/mol. The Morgan fingerprint density at radius 2 is 1.67 bits per heavy atom. The first-order valence-electron chi connectivity index (χ1n) is 6.63. The Labute approximate surface area is 129 Å². The van der Waals surface area contributed by atoms with Crippen LogP contribution in [-0.2, 0) is 0 Å². The van der Waals surface area contributed by atoms with E-state index in [1.807, 2.05) is 61.5 Å². The van der Waals surface area contributed by atoms with Gasteiger partial charge in [-0.3, -0.25) is 0 Å². The first-order valence-corrected chi connectivity index (χ1v) is 6.97. The second-order valence-corrected chi connectivity index (χ2v) is 5.19. The molecule has 1 atom stereocenters. The fourth-order valence-electron chi connectivity index (χ4n) is 1.91. The van der Waals surface area contributed by atoms with E-state index in [1.54, 1.807) is 7.05 Å². The summed E-state index contributed by atoms with van der Waals surface area (Å²) in [5, 5.41) is 8.13. The van der Waals surface area contributed by atoms with Crippen molar-refractivity contribution >= 4 is 17.5 Å². The van der Waals surface area contributed by atoms with Gasteiger partial charge in [0, 0.05) is 7.05 Å². The van der Waals surface area contributed by atoms with E-state index in [0.29, 0.717) is 5.71 Å². The normalized spacial score (nSPS) is 12.2. The molecule has 0 saturated carbocycles. The summed E-state index contributed by atoms with van der Waals surface area (Å²) in [7, 11) is 1.68. The predicted molar refractivity (Wildman–Crippen MR) is 86.0 cm³/mol. The number of hydrogen-bond donors (Lipinski definition) is 2. The van der Waals surface area contributed by atoms with Gasteiger partial charge in [0.25, 0.3) is 0 Å². The molecule has 0 heterocycles. The first-order chi connectivity index (χ1) is 10.1. The maximum absolute atomic E-state index is 8.13. The maximum atomic E-state index is 8.13. The van der Waals surface area contributed by atoms with Crippen molar-refractivity contribution in [3.63, 3.8) is 0 Å². The molecule has 0 aliphatic heterocycles. The summed E-state index contributed by atoms with van der Waals surface area (Å²) in [6.07, 6.45) is 0. The second-order valence-electron chi connectivity index (χ2n) is 4.68. The van der Waals surface area contributed by atoms with E-state index < -0.39 is 0 Å². The largest absolute Gasteiger partial charge is 0.457 e. The number of benzene rings is 2. The van der Waals surface area contributed by atoms with E-state index in [-0.39, 0.29) is 6.04 Å². The lowest BCUT2D eigenvalue weighted by molar-refractivity contribution is 0.383. The fourth-order valence-corrected chi connectivity index (χ4v) is 2.05. The van der Waals surface area contributed by atoms with Gasteiger partial charge < -0.3 is 10.1 Å². The second kappa shape index (κ2) is 7.22. The molecule has 0 spiro atoms. The number of ether oxygens (including phenoxy) is 1. The number of rotatable bonds is 6. The molecule has 1 unspecified atom stereocenters. The quantitative estimate of drug-likeness (QED) is 0.484. The summed E-state index contributed by atoms with van der Waals surface area (Å²) in [4.78, 5) is 0. The summed E-state index contributed by atoms with van der Waals surface area (Å²) in [5.41, 5.74) is 4.23. The Morgan fingerprint density at radius 3 is 2.24 bits per heavy atom. The van der Waals surface area contributed by atoms with Gasteiger partial charge in [-0.15, -0.1) is 0 Å². The van der Waals surface area contributed by atoms with Crippen LogP contribution in [0, 0.1) is 5.41 Å². The molecule has 5 heteroatoms. The van der Waals surface area contributed by atoms with Gasteiger partial charge in [0.05, 0.1) is 11.8 Å². The van der Waals surface area contributed by atoms with Gasteiger partial charge in [0.1, 0.15) is 11.5 Å². The molecule has 0 fully saturated rings. The molecule has 2 N–H and O–H groups in total. The minimum atomic E-state index is -0.173. The van der Waals surface area contributed by atoms with Crippen LogP contribution in [-0.4, -0.2) is 23.3 Å². The van der Waals surface area contributed by atoms with Gasteiger partial charge in [0.15, 0.2) is 0 Å². The van der Waals surface area contributed by atoms with Crippen LogP contribution in [0.3, 0.4) is 0 Å². The van der Waals surface area contributed by atoms with E-state index in [0.717, 1.165) is 17.1 Å². The van der Waals surface area contributed by atoms with E-state index in [2.05, 4.69) is 5.43 Å². The molecule has 0 saturated heterocycles. The lowest BCUT2D eigenvalue weighted by atomic mass is 10.1. The number of nitrogens with zero attached hydrogens (tertiary/aromatic N) is 1. The van der Waals surface area contributed by atoms with Crippen molar-refractivity contribution in [1.29, 1.82) is 5.41 Å². The fraction of sp³-hybridized carbons (Fsp3) is 0.188. The van der Waals surface area contributed by atoms with Crippen molar-refractivity contribution in [1.82, 2.24) is 9.95 Å². The summed E-state index contributed by atoms with van der Waals surface area (Å²) in [6, 6.07) is 16.9. The lowest BCUT2D eigenvalue weighted by Gasteiger charge is -2.18. The maximum Gasteiger partial charge on any atom is 0.127 e. The molecule has 4 nitrogen and oxygen atoms in total. The Hall–Kier alpha value is -1.88. The minimum Gasteiger partial charge on any atom is -0.457 e. The standard InChI is InChI=1S/C16H18ClN3O/c1-12(19-20(2)17)16(18)13-8-10-15(11-9-13)21-14-6-4-3-5-7-14/h3-12,18-19H,1-2H3. The van der Waals surface area contributed by atoms with E-state index in [4.69, 9.17) is 21.9 Å². The van der Waals surface area contributed by atoms with Crippen LogP contribution in [0.25, 0.3) is 0 Å². The van der Waals surface area contributed by atoms with Crippen molar-refractivity contribution < 1.29 is 4.74 Å². The van der Waals surface area contributed by atoms with Crippen LogP contribution in [0.2, 0.25) is 0 Å². The zero-order valence-electron chi connectivity index (χ0n) is 12.0. The molecule has 2 rings (SSSR count). The Morgan fingerprint density at radius 1 is 1.10 bits per heavy atom. The predicted octanol–water partition coefficient (Wildman–Crippen LogP) is 3.83. The Bertz CT molecular complexity index is 584. The third-order valence-corrected chi connectivity index (χ3v) is 3.05. The zero-order chi connectivity index (χ0) is 15.2. The van der Waals surface area contributed by atoms with Gasteiger partial charge in [-0.2, -0.15) is 4.53 Å². The first kappa shape index (κ1) is 15.5. The summed E-state index contributed by atoms with van der Waals surface area (Å²) < 4.78 is 7.05. The molecule has 110 valence electrons. The molecule has 21 heavy (non-hydrogen) atoms. The molecule has 0 aliphatic carbocycles. The molecule has 0 radical (unpaired) electrons. The third-order valence-electron chi connectivity index (χ3n) is 2.95. The smallest absolute Gasteiger partial charge is 0.127 e. The van der Waals surface area contributed by atoms with Gasteiger partial charge >= 0.3 is 0 Å². The van der Waals surface area contributed by atoms with E-state index >= 15 is 0 Å². The van der Waals surface area contributed by atoms with Gasteiger partial charge in [-0.1, -0.05) is 18.2 Å². The highest BCUT2D eigenvalue weighted by Crippen LogP contribution is 2.21. The van der Waals surface area contributed by atoms with Gasteiger partial charge in [-0.05, 0) is 60.7 Å². The summed E-state index contributed by atoms with van der Waals surface area (Å²) in [5.74, 6) is 1.53. The summed E-state index contributed by atoms with van der Waals surface area (Å²) in [6.45, 7) is 1.88. The topological polar surface area (TPSA) is 48.4 Å². The zero-order valence-corrected chi connectivity index (χ0v) is 12.8. The molecule has 2 aromatic carbocycles. The molecule has 0 aliphatic rings. The third kappa shape index (κ3) is 4.56. The minimum absolute atomic E-state index is 0.173. The Balaban J connectivity index is 2.03. The molecular formula is C16H18ClN3O. The van der Waals surface area contributed by atoms with Crippen LogP contribution in [0.15, 0.2) is 54.6 Å². The molecule has 0 aromatic heterocycles. The molecule has 0 bridgehead atoms. The van der Waals surface area contributed by atoms with E-state index in [9.17, 15) is 0 Å². The number of hydrazine groups is 1. The average molecular weight is 304 g/mol. The summed E-state index contributed by atoms with van der Waals surface area (Å²) >= 11 is 5.73. The molecular weight excluding hydrogens is 286 g/mol. The number of hydrogen-bond acceptors (Lipinski definition) is 4. The van der Waals surface area contributed by atoms with Crippen LogP contribution in [0.1, 0.15) is 12.5 Å². The van der Waals surface area contributed by atoms with Crippen LogP contribution >= 0.6 is 11.8 Å². The molecule has 0 amide bonds. The van der Waals surface area contributed by atoms with Crippen molar-refractivity contribution in [2.24, 2.45) is 0 Å². The average Bonchev–Trinajstić information content (AvgIpc) is 2.47. The number of nitrogens with one attached hydrogen (secondary N) is 2. The Kier molecular flexibility index (Phi) is 5.33. The highest BCUT2D eigenvalue weighted by atomic mass is 35.5. The van der Waals surface area contributed by atoms with Crippen LogP contribution in [0.4, 0.5) is 0 Å². The highest BCUT2D eigenvalue weighted by molar-refractivity contribution is 6.13. The van der Waals surface area contributed by atoms with Crippen LogP contribution in [0.5, 0.6) is 11.5 Å². The highest BCUT2D eigenvalue weighted by Gasteiger charge is 2.12. The van der Waals surface area contributed by atoms with Gasteiger partial charge in [0.2, 0.25) is 0 Å². The van der Waals surface area contributed by atoms with Crippen LogP contribution < -0.4 is 10.2 Å². The van der Waals surface area contributed by atoms with Crippen molar-refractivity contribution in [2.75, 3.05) is 7.05 Å². The lowest BCUT2D eigenvalue weighted by Crippen LogP contribution is -2.40. The van der Waals surface area contributed by atoms with Crippen molar-refractivity contribution in [2.45, 2.75) is 13.0 Å². The number of para-hydroxylation sites is 1. The molecule has 2 aromatic rings.